The van der Waals surface area contributed by atoms with E-state index in [1.807, 2.05) is 6.92 Å². The van der Waals surface area contributed by atoms with Gasteiger partial charge < -0.3 is 10.1 Å². The van der Waals surface area contributed by atoms with Gasteiger partial charge in [0.25, 0.3) is 0 Å². The smallest absolute Gasteiger partial charge is 0.416 e. The average molecular weight is 374 g/mol. The van der Waals surface area contributed by atoms with Crippen LogP contribution < -0.4 is 10.1 Å². The highest BCUT2D eigenvalue weighted by Crippen LogP contribution is 2.39. The van der Waals surface area contributed by atoms with Crippen LogP contribution in [-0.4, -0.2) is 19.4 Å². The summed E-state index contributed by atoms with van der Waals surface area (Å²) in [6.07, 6.45) is -1.96. The number of Topliss-reactive ketones (excluding diaryl/α,β-unsaturated/α-hetero) is 1. The number of ether oxygens (including phenoxy) is 1. The first kappa shape index (κ1) is 19.4. The summed E-state index contributed by atoms with van der Waals surface area (Å²) in [5.41, 5.74) is 1.44. The van der Waals surface area contributed by atoms with Crippen molar-refractivity contribution in [3.63, 3.8) is 0 Å². The molecule has 0 spiro atoms. The van der Waals surface area contributed by atoms with E-state index in [2.05, 4.69) is 5.32 Å². The van der Waals surface area contributed by atoms with Crippen molar-refractivity contribution in [3.05, 3.63) is 46.6 Å². The van der Waals surface area contributed by atoms with Crippen molar-refractivity contribution >= 4 is 23.0 Å². The van der Waals surface area contributed by atoms with Gasteiger partial charge in [0.1, 0.15) is 5.75 Å². The zero-order chi connectivity index (χ0) is 18.6. The van der Waals surface area contributed by atoms with Crippen molar-refractivity contribution in [1.82, 2.24) is 5.32 Å². The Balaban J connectivity index is 2.54. The number of halogens is 4. The van der Waals surface area contributed by atoms with Crippen molar-refractivity contribution in [2.75, 3.05) is 13.7 Å². The average Bonchev–Trinajstić information content (AvgIpc) is 2.88. The molecule has 0 heterocycles. The van der Waals surface area contributed by atoms with E-state index in [-0.39, 0.29) is 22.7 Å². The molecule has 25 heavy (non-hydrogen) atoms. The van der Waals surface area contributed by atoms with Crippen molar-refractivity contribution in [2.24, 2.45) is 5.92 Å². The summed E-state index contributed by atoms with van der Waals surface area (Å²) in [4.78, 5) is 12.6. The van der Waals surface area contributed by atoms with Crippen LogP contribution in [0.25, 0.3) is 5.57 Å². The van der Waals surface area contributed by atoms with Gasteiger partial charge in [0.2, 0.25) is 0 Å². The molecular formula is C18H19ClF3NO2. The molecule has 1 aromatic carbocycles. The first-order chi connectivity index (χ1) is 11.8. The number of hydrogen-bond acceptors (Lipinski definition) is 3. The van der Waals surface area contributed by atoms with E-state index in [0.29, 0.717) is 25.1 Å². The number of ketones is 1. The molecule has 1 N–H and O–H groups in total. The first-order valence-corrected chi connectivity index (χ1v) is 8.32. The van der Waals surface area contributed by atoms with Gasteiger partial charge in [-0.1, -0.05) is 24.6 Å². The van der Waals surface area contributed by atoms with Gasteiger partial charge >= 0.3 is 6.18 Å². The lowest BCUT2D eigenvalue weighted by Crippen LogP contribution is -2.11. The molecule has 1 aliphatic rings. The topological polar surface area (TPSA) is 38.3 Å². The summed E-state index contributed by atoms with van der Waals surface area (Å²) in [6.45, 7) is 2.16. The van der Waals surface area contributed by atoms with Crippen LogP contribution >= 0.6 is 11.6 Å². The molecular weight excluding hydrogens is 355 g/mol. The molecule has 0 aliphatic heterocycles. The molecule has 1 atom stereocenters. The van der Waals surface area contributed by atoms with E-state index >= 15 is 0 Å². The number of carbonyl (C=O) groups excluding carboxylic acids is 1. The maximum absolute atomic E-state index is 13.2. The van der Waals surface area contributed by atoms with E-state index in [0.717, 1.165) is 12.1 Å². The maximum atomic E-state index is 13.2. The van der Waals surface area contributed by atoms with E-state index in [1.165, 1.54) is 17.7 Å². The van der Waals surface area contributed by atoms with Gasteiger partial charge in [-0.15, -0.1) is 0 Å². The minimum absolute atomic E-state index is 0.0961. The van der Waals surface area contributed by atoms with Gasteiger partial charge in [0.05, 0.1) is 12.2 Å². The van der Waals surface area contributed by atoms with Crippen LogP contribution in [0.5, 0.6) is 5.75 Å². The summed E-state index contributed by atoms with van der Waals surface area (Å²) < 4.78 is 45.1. The summed E-state index contributed by atoms with van der Waals surface area (Å²) in [6, 6.07) is 3.41. The van der Waals surface area contributed by atoms with Crippen LogP contribution in [0.4, 0.5) is 13.2 Å². The quantitative estimate of drug-likeness (QED) is 0.780. The molecule has 0 amide bonds. The molecule has 7 heteroatoms. The molecule has 2 rings (SSSR count). The second-order valence-corrected chi connectivity index (χ2v) is 5.94. The second-order valence-electron chi connectivity index (χ2n) is 5.69. The molecule has 3 nitrogen and oxygen atoms in total. The Labute approximate surface area is 149 Å². The normalized spacial score (nSPS) is 18.3. The van der Waals surface area contributed by atoms with Crippen molar-refractivity contribution in [1.29, 1.82) is 0 Å². The highest BCUT2D eigenvalue weighted by atomic mass is 35.5. The Bertz CT molecular complexity index is 711. The third kappa shape index (κ3) is 4.37. The fourth-order valence-electron chi connectivity index (χ4n) is 2.75. The molecule has 0 fully saturated rings. The molecule has 0 saturated heterocycles. The minimum atomic E-state index is -4.53. The maximum Gasteiger partial charge on any atom is 0.416 e. The molecule has 1 unspecified atom stereocenters. The molecule has 0 bridgehead atoms. The van der Waals surface area contributed by atoms with Crippen molar-refractivity contribution in [2.45, 2.75) is 25.9 Å². The third-order valence-corrected chi connectivity index (χ3v) is 4.06. The number of hydrogen-bond donors (Lipinski definition) is 1. The van der Waals surface area contributed by atoms with Crippen molar-refractivity contribution < 1.29 is 22.7 Å². The number of alkyl halides is 3. The molecule has 0 radical (unpaired) electrons. The van der Waals surface area contributed by atoms with Gasteiger partial charge in [-0.3, -0.25) is 4.79 Å². The minimum Gasteiger partial charge on any atom is -0.494 e. The lowest BCUT2D eigenvalue weighted by molar-refractivity contribution is -0.137. The van der Waals surface area contributed by atoms with Crippen LogP contribution in [0.3, 0.4) is 0 Å². The summed E-state index contributed by atoms with van der Waals surface area (Å²) >= 11 is 5.56. The molecule has 0 aromatic heterocycles. The lowest BCUT2D eigenvalue weighted by Gasteiger charge is -2.14. The van der Waals surface area contributed by atoms with E-state index in [4.69, 9.17) is 16.3 Å². The predicted molar refractivity (Wildman–Crippen MR) is 91.3 cm³/mol. The zero-order valence-electron chi connectivity index (χ0n) is 13.9. The Morgan fingerprint density at radius 3 is 2.64 bits per heavy atom. The van der Waals surface area contributed by atoms with Gasteiger partial charge in [0.15, 0.2) is 5.78 Å². The fourth-order valence-corrected chi connectivity index (χ4v) is 2.92. The van der Waals surface area contributed by atoms with Crippen LogP contribution in [0.2, 0.25) is 0 Å². The van der Waals surface area contributed by atoms with Gasteiger partial charge in [-0.2, -0.15) is 13.2 Å². The van der Waals surface area contributed by atoms with Crippen LogP contribution in [0.15, 0.2) is 35.5 Å². The highest BCUT2D eigenvalue weighted by molar-refractivity contribution is 6.27. The largest absolute Gasteiger partial charge is 0.494 e. The standard InChI is InChI=1S/C18H19ClF3NO2/c1-3-6-25-14-8-12(7-13(10-14)18(20,21)22)16-15(23-2)9-11(4-5-19)17(16)24/h4-5,7-8,10-11,23H,3,6,9H2,1-2H3/b5-4+. The Morgan fingerprint density at radius 2 is 2.08 bits per heavy atom. The van der Waals surface area contributed by atoms with E-state index in [1.54, 1.807) is 7.05 Å². The summed E-state index contributed by atoms with van der Waals surface area (Å²) in [5.74, 6) is -0.648. The van der Waals surface area contributed by atoms with Gasteiger partial charge in [-0.05, 0) is 30.2 Å². The highest BCUT2D eigenvalue weighted by Gasteiger charge is 2.35. The summed E-state index contributed by atoms with van der Waals surface area (Å²) in [7, 11) is 1.64. The lowest BCUT2D eigenvalue weighted by atomic mass is 9.97. The number of rotatable bonds is 6. The molecule has 1 aliphatic carbocycles. The first-order valence-electron chi connectivity index (χ1n) is 7.89. The van der Waals surface area contributed by atoms with Crippen LogP contribution in [-0.2, 0) is 11.0 Å². The van der Waals surface area contributed by atoms with Crippen LogP contribution in [0.1, 0.15) is 30.9 Å². The molecule has 1 aromatic rings. The van der Waals surface area contributed by atoms with Crippen LogP contribution in [0, 0.1) is 5.92 Å². The fraction of sp³-hybridized carbons (Fsp3) is 0.389. The second kappa shape index (κ2) is 7.95. The number of allylic oxidation sites excluding steroid dienone is 3. The molecule has 136 valence electrons. The Morgan fingerprint density at radius 1 is 1.36 bits per heavy atom. The zero-order valence-corrected chi connectivity index (χ0v) is 14.7. The Hall–Kier alpha value is -1.95. The third-order valence-electron chi connectivity index (χ3n) is 3.91. The van der Waals surface area contributed by atoms with Gasteiger partial charge in [-0.25, -0.2) is 0 Å². The van der Waals surface area contributed by atoms with E-state index in [9.17, 15) is 18.0 Å². The predicted octanol–water partition coefficient (Wildman–Crippen LogP) is 4.77. The SMILES string of the molecule is CCCOc1cc(C2=C(NC)CC(/C=C/Cl)C2=O)cc(C(F)(F)F)c1. The van der Waals surface area contributed by atoms with Gasteiger partial charge in [0, 0.05) is 36.2 Å². The Kier molecular flexibility index (Phi) is 6.16. The summed E-state index contributed by atoms with van der Waals surface area (Å²) in [5, 5.41) is 2.91. The number of benzene rings is 1. The molecule has 0 saturated carbocycles. The van der Waals surface area contributed by atoms with E-state index < -0.39 is 17.7 Å². The van der Waals surface area contributed by atoms with Crippen molar-refractivity contribution in [3.8, 4) is 5.75 Å². The monoisotopic (exact) mass is 373 g/mol. The number of carbonyl (C=O) groups is 1. The number of nitrogens with one attached hydrogen (secondary N) is 1.